The van der Waals surface area contributed by atoms with Gasteiger partial charge in [0.05, 0.1) is 26.2 Å². The minimum atomic E-state index is 0.628. The van der Waals surface area contributed by atoms with Gasteiger partial charge in [-0.1, -0.05) is 36.0 Å². The Bertz CT molecular complexity index is 740. The van der Waals surface area contributed by atoms with Gasteiger partial charge in [-0.25, -0.2) is 0 Å². The molecule has 0 N–H and O–H groups in total. The third kappa shape index (κ3) is 5.61. The summed E-state index contributed by atoms with van der Waals surface area (Å²) in [6.07, 6.45) is 2.84. The number of hydrogen-bond donors (Lipinski definition) is 0. The maximum Gasteiger partial charge on any atom is 0.169 e. The molecular weight excluding hydrogens is 402 g/mol. The van der Waals surface area contributed by atoms with Gasteiger partial charge in [0.1, 0.15) is 5.75 Å². The summed E-state index contributed by atoms with van der Waals surface area (Å²) in [6.45, 7) is 11.6. The topological polar surface area (TPSA) is 40.6 Å². The van der Waals surface area contributed by atoms with E-state index >= 15 is 0 Å². The Morgan fingerprint density at radius 1 is 1.16 bits per heavy atom. The van der Waals surface area contributed by atoms with E-state index in [4.69, 9.17) is 14.2 Å². The third-order valence-electron chi connectivity index (χ3n) is 3.35. The van der Waals surface area contributed by atoms with Crippen LogP contribution in [0.3, 0.4) is 0 Å². The van der Waals surface area contributed by atoms with Crippen LogP contribution in [0.25, 0.3) is 16.0 Å². The summed E-state index contributed by atoms with van der Waals surface area (Å²) < 4.78 is 21.5. The second-order valence-electron chi connectivity index (χ2n) is 5.13. The maximum absolute atomic E-state index is 5.49. The molecule has 0 saturated carbocycles. The van der Waals surface area contributed by atoms with Crippen molar-refractivity contribution in [2.75, 3.05) is 21.3 Å². The molecule has 25 heavy (non-hydrogen) atoms. The Labute approximate surface area is 162 Å². The molecule has 0 aliphatic rings. The van der Waals surface area contributed by atoms with E-state index in [1.807, 2.05) is 19.2 Å². The van der Waals surface area contributed by atoms with Gasteiger partial charge in [0.2, 0.25) is 0 Å². The highest BCUT2D eigenvalue weighted by atomic mass is 79.9. The van der Waals surface area contributed by atoms with Crippen LogP contribution in [0.1, 0.15) is 25.8 Å². The number of nitrogens with zero attached hydrogens (tertiary/aromatic N) is 1. The lowest BCUT2D eigenvalue weighted by Crippen LogP contribution is -1.95. The first-order valence-electron chi connectivity index (χ1n) is 7.63. The number of rotatable bonds is 6. The molecule has 2 rings (SSSR count). The summed E-state index contributed by atoms with van der Waals surface area (Å²) in [7, 11) is 4.85. The molecule has 0 saturated heterocycles. The molecule has 0 amide bonds. The molecule has 0 aliphatic heterocycles. The highest BCUT2D eigenvalue weighted by Crippen LogP contribution is 2.44. The minimum absolute atomic E-state index is 0.628. The Hall–Kier alpha value is -1.79. The fourth-order valence-electron chi connectivity index (χ4n) is 1.96. The van der Waals surface area contributed by atoms with E-state index < -0.39 is 0 Å². The zero-order valence-corrected chi connectivity index (χ0v) is 17.7. The minimum Gasteiger partial charge on any atom is -0.497 e. The molecule has 6 heteroatoms. The van der Waals surface area contributed by atoms with Crippen LogP contribution < -0.4 is 14.2 Å². The number of methoxy groups -OCH3 is 3. The second kappa shape index (κ2) is 10.3. The fraction of sp³-hybridized carbons (Fsp3) is 0.316. The lowest BCUT2D eigenvalue weighted by Gasteiger charge is -2.14. The van der Waals surface area contributed by atoms with Gasteiger partial charge in [-0.05, 0) is 41.0 Å². The van der Waals surface area contributed by atoms with Crippen molar-refractivity contribution in [3.63, 3.8) is 0 Å². The number of ether oxygens (including phenoxy) is 3. The number of benzene rings is 1. The first-order chi connectivity index (χ1) is 11.9. The zero-order valence-electron chi connectivity index (χ0n) is 15.3. The lowest BCUT2D eigenvalue weighted by molar-refractivity contribution is 0.350. The van der Waals surface area contributed by atoms with E-state index in [0.717, 1.165) is 32.5 Å². The van der Waals surface area contributed by atoms with Crippen molar-refractivity contribution in [1.29, 1.82) is 0 Å². The average molecular weight is 426 g/mol. The molecule has 0 unspecified atom stereocenters. The van der Waals surface area contributed by atoms with Gasteiger partial charge >= 0.3 is 0 Å². The molecular formula is C19H24BrNO3S. The predicted molar refractivity (Wildman–Crippen MR) is 110 cm³/mol. The number of allylic oxidation sites excluding steroid dienone is 2. The van der Waals surface area contributed by atoms with Crippen molar-refractivity contribution in [3.05, 3.63) is 41.5 Å². The van der Waals surface area contributed by atoms with Crippen LogP contribution in [-0.4, -0.2) is 25.7 Å². The molecule has 0 spiro atoms. The van der Waals surface area contributed by atoms with Gasteiger partial charge in [0.25, 0.3) is 0 Å². The smallest absolute Gasteiger partial charge is 0.169 e. The van der Waals surface area contributed by atoms with Gasteiger partial charge in [-0.3, -0.25) is 0 Å². The quantitative estimate of drug-likeness (QED) is 0.554. The number of aromatic nitrogens is 1. The summed E-state index contributed by atoms with van der Waals surface area (Å²) in [5.41, 5.74) is 2.85. The molecule has 0 fully saturated rings. The zero-order chi connectivity index (χ0) is 19.0. The fourth-order valence-corrected chi connectivity index (χ4v) is 2.80. The van der Waals surface area contributed by atoms with E-state index in [0.29, 0.717) is 17.2 Å². The van der Waals surface area contributed by atoms with E-state index in [9.17, 15) is 0 Å². The highest BCUT2D eigenvalue weighted by Gasteiger charge is 2.19. The molecule has 0 atom stereocenters. The molecule has 2 aromatic rings. The summed E-state index contributed by atoms with van der Waals surface area (Å²) in [4.78, 5) is 0.992. The first kappa shape index (κ1) is 21.3. The van der Waals surface area contributed by atoms with Crippen molar-refractivity contribution >= 4 is 33.0 Å². The largest absolute Gasteiger partial charge is 0.497 e. The summed E-state index contributed by atoms with van der Waals surface area (Å²) in [6, 6.07) is 3.71. The second-order valence-corrected chi connectivity index (χ2v) is 7.05. The van der Waals surface area contributed by atoms with Crippen LogP contribution in [0.15, 0.2) is 36.0 Å². The van der Waals surface area contributed by atoms with E-state index in [1.165, 1.54) is 11.5 Å². The number of hydrogen-bond acceptors (Lipinski definition) is 5. The molecule has 1 aromatic heterocycles. The van der Waals surface area contributed by atoms with Gasteiger partial charge in [0, 0.05) is 23.4 Å². The summed E-state index contributed by atoms with van der Waals surface area (Å²) in [5.74, 6) is 2.00. The Morgan fingerprint density at radius 3 is 2.24 bits per heavy atom. The van der Waals surface area contributed by atoms with Crippen LogP contribution in [0, 0.1) is 0 Å². The normalized spacial score (nSPS) is 9.68. The summed E-state index contributed by atoms with van der Waals surface area (Å²) in [5, 5.41) is 0. The Kier molecular flexibility index (Phi) is 8.72. The monoisotopic (exact) mass is 425 g/mol. The van der Waals surface area contributed by atoms with Crippen molar-refractivity contribution in [2.24, 2.45) is 0 Å². The summed E-state index contributed by atoms with van der Waals surface area (Å²) >= 11 is 4.58. The SMILES string of the molecule is C=C(Br)CC.C=C(C)c1cnsc1-c1cc(OC)cc(OC)c1OC. The van der Waals surface area contributed by atoms with Crippen LogP contribution in [0.4, 0.5) is 0 Å². The van der Waals surface area contributed by atoms with Crippen LogP contribution >= 0.6 is 27.5 Å². The molecule has 136 valence electrons. The highest BCUT2D eigenvalue weighted by molar-refractivity contribution is 9.11. The van der Waals surface area contributed by atoms with Gasteiger partial charge in [-0.2, -0.15) is 4.37 Å². The van der Waals surface area contributed by atoms with Crippen molar-refractivity contribution in [3.8, 4) is 27.7 Å². The maximum atomic E-state index is 5.49. The van der Waals surface area contributed by atoms with E-state index in [-0.39, 0.29) is 0 Å². The lowest BCUT2D eigenvalue weighted by atomic mass is 10.0. The standard InChI is InChI=1S/C15H17NO3S.C4H7Br/c1-9(2)12-8-16-20-15(12)11-6-10(17-3)7-13(18-4)14(11)19-5;1-3-4(2)5/h6-8H,1H2,2-5H3;2-3H2,1H3. The predicted octanol–water partition coefficient (Wildman–Crippen LogP) is 6.17. The van der Waals surface area contributed by atoms with Gasteiger partial charge < -0.3 is 14.2 Å². The van der Waals surface area contributed by atoms with Crippen LogP contribution in [-0.2, 0) is 0 Å². The first-order valence-corrected chi connectivity index (χ1v) is 9.20. The average Bonchev–Trinajstić information content (AvgIpc) is 3.10. The third-order valence-corrected chi connectivity index (χ3v) is 4.74. The molecule has 0 radical (unpaired) electrons. The molecule has 1 heterocycles. The van der Waals surface area contributed by atoms with Crippen molar-refractivity contribution in [2.45, 2.75) is 20.3 Å². The van der Waals surface area contributed by atoms with Gasteiger partial charge in [-0.15, -0.1) is 0 Å². The van der Waals surface area contributed by atoms with Crippen LogP contribution in [0.2, 0.25) is 0 Å². The van der Waals surface area contributed by atoms with Crippen LogP contribution in [0.5, 0.6) is 17.2 Å². The van der Waals surface area contributed by atoms with E-state index in [2.05, 4.69) is 40.4 Å². The Balaban J connectivity index is 0.000000550. The Morgan fingerprint density at radius 2 is 1.80 bits per heavy atom. The number of halogens is 1. The molecule has 4 nitrogen and oxygen atoms in total. The molecule has 0 bridgehead atoms. The van der Waals surface area contributed by atoms with Gasteiger partial charge in [0.15, 0.2) is 11.5 Å². The molecule has 1 aromatic carbocycles. The molecule has 0 aliphatic carbocycles. The van der Waals surface area contributed by atoms with Crippen molar-refractivity contribution in [1.82, 2.24) is 4.37 Å². The van der Waals surface area contributed by atoms with E-state index in [1.54, 1.807) is 27.4 Å². The van der Waals surface area contributed by atoms with Crippen molar-refractivity contribution < 1.29 is 14.2 Å².